The van der Waals surface area contributed by atoms with Gasteiger partial charge >= 0.3 is 0 Å². The number of amidine groups is 1. The van der Waals surface area contributed by atoms with Crippen LogP contribution in [0.3, 0.4) is 0 Å². The lowest BCUT2D eigenvalue weighted by molar-refractivity contribution is 0.0615. The number of hydrogen-bond acceptors (Lipinski definition) is 6. The number of rotatable bonds is 9. The maximum Gasteiger partial charge on any atom is 0.153 e. The molecule has 3 N–H and O–H groups in total. The van der Waals surface area contributed by atoms with E-state index >= 15 is 0 Å². The number of nitrogens with zero attached hydrogens (tertiary/aromatic N) is 3. The van der Waals surface area contributed by atoms with Gasteiger partial charge in [-0.25, -0.2) is 0 Å². The summed E-state index contributed by atoms with van der Waals surface area (Å²) >= 11 is 0. The number of piperazine rings is 1. The van der Waals surface area contributed by atoms with Crippen LogP contribution >= 0.6 is 0 Å². The molecule has 0 atom stereocenters. The number of methoxy groups -OCH3 is 1. The zero-order valence-electron chi connectivity index (χ0n) is 11.8. The molecule has 0 amide bonds. The molecule has 0 aromatic rings. The van der Waals surface area contributed by atoms with Gasteiger partial charge in [0.2, 0.25) is 0 Å². The summed E-state index contributed by atoms with van der Waals surface area (Å²) in [6, 6.07) is 0. The zero-order valence-corrected chi connectivity index (χ0v) is 11.8. The van der Waals surface area contributed by atoms with E-state index < -0.39 is 0 Å². The van der Waals surface area contributed by atoms with Gasteiger partial charge in [0.15, 0.2) is 5.84 Å². The van der Waals surface area contributed by atoms with E-state index in [0.29, 0.717) is 19.8 Å². The fraction of sp³-hybridized carbons (Fsp3) is 0.917. The van der Waals surface area contributed by atoms with Gasteiger partial charge in [0, 0.05) is 46.4 Å². The molecule has 19 heavy (non-hydrogen) atoms. The highest BCUT2D eigenvalue weighted by molar-refractivity contribution is 5.81. The molecule has 0 aromatic heterocycles. The van der Waals surface area contributed by atoms with E-state index in [2.05, 4.69) is 15.0 Å². The molecule has 7 nitrogen and oxygen atoms in total. The predicted octanol–water partition coefficient (Wildman–Crippen LogP) is -0.596. The molecule has 0 radical (unpaired) electrons. The van der Waals surface area contributed by atoms with Crippen LogP contribution in [0, 0.1) is 0 Å². The molecule has 7 heteroatoms. The molecule has 0 aliphatic carbocycles. The van der Waals surface area contributed by atoms with Gasteiger partial charge < -0.3 is 25.3 Å². The summed E-state index contributed by atoms with van der Waals surface area (Å²) in [4.78, 5) is 4.61. The summed E-state index contributed by atoms with van der Waals surface area (Å²) < 4.78 is 10.3. The second kappa shape index (κ2) is 9.96. The summed E-state index contributed by atoms with van der Waals surface area (Å²) in [7, 11) is 1.68. The van der Waals surface area contributed by atoms with E-state index in [9.17, 15) is 0 Å². The van der Waals surface area contributed by atoms with Crippen molar-refractivity contribution in [3.63, 3.8) is 0 Å². The normalized spacial score (nSPS) is 18.9. The molecule has 1 aliphatic rings. The van der Waals surface area contributed by atoms with Gasteiger partial charge in [0.1, 0.15) is 0 Å². The Balaban J connectivity index is 2.00. The predicted molar refractivity (Wildman–Crippen MR) is 73.6 cm³/mol. The van der Waals surface area contributed by atoms with Crippen LogP contribution in [0.15, 0.2) is 5.16 Å². The Labute approximate surface area is 114 Å². The molecule has 1 saturated heterocycles. The first-order valence-corrected chi connectivity index (χ1v) is 6.74. The third kappa shape index (κ3) is 7.31. The van der Waals surface area contributed by atoms with Gasteiger partial charge in [0.05, 0.1) is 19.8 Å². The Morgan fingerprint density at radius 3 is 2.47 bits per heavy atom. The van der Waals surface area contributed by atoms with Crippen molar-refractivity contribution in [3.8, 4) is 0 Å². The largest absolute Gasteiger partial charge is 0.409 e. The number of hydrogen-bond donors (Lipinski definition) is 2. The molecule has 0 aromatic carbocycles. The van der Waals surface area contributed by atoms with Crippen LogP contribution in [-0.2, 0) is 9.47 Å². The second-order valence-electron chi connectivity index (χ2n) is 4.67. The van der Waals surface area contributed by atoms with Crippen molar-refractivity contribution in [1.29, 1.82) is 0 Å². The Kier molecular flexibility index (Phi) is 8.48. The van der Waals surface area contributed by atoms with E-state index in [0.717, 1.165) is 45.8 Å². The molecule has 0 saturated carbocycles. The highest BCUT2D eigenvalue weighted by Crippen LogP contribution is 2.02. The Bertz CT molecular complexity index is 255. The van der Waals surface area contributed by atoms with Gasteiger partial charge in [-0.1, -0.05) is 5.16 Å². The van der Waals surface area contributed by atoms with Crippen molar-refractivity contribution in [2.45, 2.75) is 6.42 Å². The fourth-order valence-corrected chi connectivity index (χ4v) is 2.07. The topological polar surface area (TPSA) is 83.6 Å². The molecular weight excluding hydrogens is 248 g/mol. The Morgan fingerprint density at radius 1 is 1.16 bits per heavy atom. The van der Waals surface area contributed by atoms with Crippen molar-refractivity contribution in [3.05, 3.63) is 0 Å². The number of oxime groups is 1. The van der Waals surface area contributed by atoms with Crippen molar-refractivity contribution < 1.29 is 14.7 Å². The van der Waals surface area contributed by atoms with Crippen LogP contribution in [0.5, 0.6) is 0 Å². The zero-order chi connectivity index (χ0) is 13.9. The summed E-state index contributed by atoms with van der Waals surface area (Å²) in [5.41, 5.74) is 5.49. The Hall–Kier alpha value is -0.890. The minimum atomic E-state index is 0.278. The average molecular weight is 274 g/mol. The highest BCUT2D eigenvalue weighted by Gasteiger charge is 2.16. The van der Waals surface area contributed by atoms with Crippen LogP contribution in [0.4, 0.5) is 0 Å². The van der Waals surface area contributed by atoms with E-state index in [1.54, 1.807) is 7.11 Å². The van der Waals surface area contributed by atoms with Crippen molar-refractivity contribution in [1.82, 2.24) is 9.80 Å². The maximum atomic E-state index is 8.53. The van der Waals surface area contributed by atoms with Gasteiger partial charge in [-0.2, -0.15) is 0 Å². The monoisotopic (exact) mass is 274 g/mol. The molecule has 0 spiro atoms. The molecule has 1 fully saturated rings. The third-order valence-electron chi connectivity index (χ3n) is 3.17. The first-order chi connectivity index (χ1) is 9.26. The lowest BCUT2D eigenvalue weighted by atomic mass is 10.3. The fourth-order valence-electron chi connectivity index (χ4n) is 2.07. The smallest absolute Gasteiger partial charge is 0.153 e. The van der Waals surface area contributed by atoms with E-state index in [1.165, 1.54) is 0 Å². The van der Waals surface area contributed by atoms with Gasteiger partial charge in [-0.15, -0.1) is 0 Å². The summed E-state index contributed by atoms with van der Waals surface area (Å²) in [5.74, 6) is 0.278. The van der Waals surface area contributed by atoms with E-state index in [1.807, 2.05) is 0 Å². The van der Waals surface area contributed by atoms with E-state index in [4.69, 9.17) is 20.4 Å². The minimum Gasteiger partial charge on any atom is -0.409 e. The SMILES string of the molecule is COCCOCCCN1CCN(CC(N)=NO)CC1. The lowest BCUT2D eigenvalue weighted by Gasteiger charge is -2.34. The number of nitrogens with two attached hydrogens (primary N) is 1. The summed E-state index contributed by atoms with van der Waals surface area (Å²) in [6.45, 7) is 7.69. The summed E-state index contributed by atoms with van der Waals surface area (Å²) in [5, 5.41) is 11.5. The molecule has 112 valence electrons. The molecule has 1 aliphatic heterocycles. The minimum absolute atomic E-state index is 0.278. The third-order valence-corrected chi connectivity index (χ3v) is 3.17. The standard InChI is InChI=1S/C12H26N4O3/c1-18-9-10-19-8-2-3-15-4-6-16(7-5-15)11-12(13)14-17/h17H,2-11H2,1H3,(H2,13,14). The van der Waals surface area contributed by atoms with Crippen LogP contribution in [0.1, 0.15) is 6.42 Å². The van der Waals surface area contributed by atoms with Crippen LogP contribution < -0.4 is 5.73 Å². The first-order valence-electron chi connectivity index (χ1n) is 6.74. The van der Waals surface area contributed by atoms with Crippen molar-refractivity contribution in [2.75, 3.05) is 66.2 Å². The van der Waals surface area contributed by atoms with E-state index in [-0.39, 0.29) is 5.84 Å². The quantitative estimate of drug-likeness (QED) is 0.192. The molecule has 0 bridgehead atoms. The molecular formula is C12H26N4O3. The second-order valence-corrected chi connectivity index (χ2v) is 4.67. The Morgan fingerprint density at radius 2 is 1.84 bits per heavy atom. The van der Waals surface area contributed by atoms with Crippen molar-refractivity contribution >= 4 is 5.84 Å². The molecule has 0 unspecified atom stereocenters. The molecule has 1 rings (SSSR count). The molecule has 1 heterocycles. The lowest BCUT2D eigenvalue weighted by Crippen LogP contribution is -2.49. The van der Waals surface area contributed by atoms with Gasteiger partial charge in [-0.3, -0.25) is 4.90 Å². The van der Waals surface area contributed by atoms with Crippen molar-refractivity contribution in [2.24, 2.45) is 10.9 Å². The summed E-state index contributed by atoms with van der Waals surface area (Å²) in [6.07, 6.45) is 1.05. The van der Waals surface area contributed by atoms with Crippen LogP contribution in [0.25, 0.3) is 0 Å². The van der Waals surface area contributed by atoms with Gasteiger partial charge in [0.25, 0.3) is 0 Å². The number of ether oxygens (including phenoxy) is 2. The highest BCUT2D eigenvalue weighted by atomic mass is 16.5. The average Bonchev–Trinajstić information content (AvgIpc) is 2.44. The van der Waals surface area contributed by atoms with Crippen LogP contribution in [0.2, 0.25) is 0 Å². The van der Waals surface area contributed by atoms with Crippen LogP contribution in [-0.4, -0.2) is 87.0 Å². The maximum absolute atomic E-state index is 8.53. The van der Waals surface area contributed by atoms with Gasteiger partial charge in [-0.05, 0) is 6.42 Å². The first kappa shape index (κ1) is 16.2.